The van der Waals surface area contributed by atoms with Crippen molar-refractivity contribution >= 4 is 21.8 Å². The largest absolute Gasteiger partial charge is 0.350 e. The number of carbonyl (C=O) groups is 2. The van der Waals surface area contributed by atoms with Crippen molar-refractivity contribution in [1.29, 1.82) is 0 Å². The number of aryl methyl sites for hydroxylation is 1. The van der Waals surface area contributed by atoms with Gasteiger partial charge in [-0.15, -0.1) is 0 Å². The lowest BCUT2D eigenvalue weighted by molar-refractivity contribution is -0.128. The van der Waals surface area contributed by atoms with E-state index in [-0.39, 0.29) is 23.3 Å². The van der Waals surface area contributed by atoms with Gasteiger partial charge in [0.2, 0.25) is 21.8 Å². The van der Waals surface area contributed by atoms with E-state index in [1.165, 1.54) is 12.1 Å². The Bertz CT molecular complexity index is 735. The van der Waals surface area contributed by atoms with E-state index in [0.29, 0.717) is 0 Å². The molecule has 1 aromatic carbocycles. The van der Waals surface area contributed by atoms with Crippen LogP contribution < -0.4 is 15.4 Å². The molecule has 7 nitrogen and oxygen atoms in total. The molecule has 0 fully saturated rings. The van der Waals surface area contributed by atoms with Gasteiger partial charge in [0.05, 0.1) is 11.4 Å². The van der Waals surface area contributed by atoms with Gasteiger partial charge in [0.15, 0.2) is 0 Å². The van der Waals surface area contributed by atoms with E-state index in [2.05, 4.69) is 15.4 Å². The highest BCUT2D eigenvalue weighted by Gasteiger charge is 2.28. The van der Waals surface area contributed by atoms with Gasteiger partial charge in [-0.25, -0.2) is 8.42 Å². The number of hydrogen-bond acceptors (Lipinski definition) is 4. The van der Waals surface area contributed by atoms with Crippen LogP contribution in [0.25, 0.3) is 0 Å². The molecule has 0 radical (unpaired) electrons. The number of nitrogens with one attached hydrogen (secondary N) is 3. The van der Waals surface area contributed by atoms with Gasteiger partial charge in [0, 0.05) is 5.54 Å². The molecule has 0 aliphatic rings. The first-order chi connectivity index (χ1) is 11.8. The predicted octanol–water partition coefficient (Wildman–Crippen LogP) is 1.33. The second-order valence-electron chi connectivity index (χ2n) is 7.67. The number of rotatable bonds is 7. The average Bonchev–Trinajstić information content (AvgIpc) is 2.49. The summed E-state index contributed by atoms with van der Waals surface area (Å²) in [6.07, 6.45) is 0. The van der Waals surface area contributed by atoms with Crippen LogP contribution in [0.4, 0.5) is 0 Å². The van der Waals surface area contributed by atoms with Crippen molar-refractivity contribution in [1.82, 2.24) is 15.4 Å². The van der Waals surface area contributed by atoms with Crippen LogP contribution >= 0.6 is 0 Å². The predicted molar refractivity (Wildman–Crippen MR) is 101 cm³/mol. The van der Waals surface area contributed by atoms with E-state index in [1.54, 1.807) is 26.0 Å². The normalized spacial score (nSPS) is 13.3. The first-order valence-corrected chi connectivity index (χ1v) is 9.98. The van der Waals surface area contributed by atoms with E-state index < -0.39 is 27.5 Å². The number of benzene rings is 1. The molecule has 0 aliphatic heterocycles. The van der Waals surface area contributed by atoms with Crippen LogP contribution in [0.3, 0.4) is 0 Å². The Morgan fingerprint density at radius 3 is 2.08 bits per heavy atom. The smallest absolute Gasteiger partial charge is 0.241 e. The first kappa shape index (κ1) is 22.1. The van der Waals surface area contributed by atoms with Crippen LogP contribution in [0, 0.1) is 12.8 Å². The summed E-state index contributed by atoms with van der Waals surface area (Å²) in [5.41, 5.74) is 0.527. The summed E-state index contributed by atoms with van der Waals surface area (Å²) in [6.45, 7) is 10.6. The quantitative estimate of drug-likeness (QED) is 0.661. The summed E-state index contributed by atoms with van der Waals surface area (Å²) in [4.78, 5) is 24.3. The molecule has 2 amide bonds. The monoisotopic (exact) mass is 383 g/mol. The lowest BCUT2D eigenvalue weighted by Gasteiger charge is -2.23. The van der Waals surface area contributed by atoms with E-state index in [9.17, 15) is 18.0 Å². The summed E-state index contributed by atoms with van der Waals surface area (Å²) in [6, 6.07) is 5.38. The molecule has 0 saturated heterocycles. The summed E-state index contributed by atoms with van der Waals surface area (Å²) in [7, 11) is -3.85. The summed E-state index contributed by atoms with van der Waals surface area (Å²) >= 11 is 0. The molecule has 26 heavy (non-hydrogen) atoms. The van der Waals surface area contributed by atoms with Crippen LogP contribution in [0.2, 0.25) is 0 Å². The molecule has 0 heterocycles. The standard InChI is InChI=1S/C18H29N3O4S/c1-12(2)16(17(23)19-11-15(22)20-18(4,5)6)21-26(24,25)14-9-7-13(3)8-10-14/h7-10,12,16,21H,11H2,1-6H3,(H,19,23)(H,20,22)/t16-/m0/s1. The van der Waals surface area contributed by atoms with Crippen LogP contribution in [0.15, 0.2) is 29.2 Å². The van der Waals surface area contributed by atoms with Gasteiger partial charge in [-0.3, -0.25) is 9.59 Å². The molecule has 1 aromatic rings. The summed E-state index contributed by atoms with van der Waals surface area (Å²) < 4.78 is 27.5. The van der Waals surface area contributed by atoms with Gasteiger partial charge in [0.1, 0.15) is 6.04 Å². The fraction of sp³-hybridized carbons (Fsp3) is 0.556. The van der Waals surface area contributed by atoms with E-state index in [0.717, 1.165) is 5.56 Å². The summed E-state index contributed by atoms with van der Waals surface area (Å²) in [5.74, 6) is -1.17. The number of amides is 2. The molecule has 0 bridgehead atoms. The van der Waals surface area contributed by atoms with E-state index in [4.69, 9.17) is 0 Å². The molecule has 0 aromatic heterocycles. The second kappa shape index (κ2) is 8.64. The van der Waals surface area contributed by atoms with Gasteiger partial charge in [0.25, 0.3) is 0 Å². The lowest BCUT2D eigenvalue weighted by atomic mass is 10.1. The van der Waals surface area contributed by atoms with Crippen LogP contribution in [-0.4, -0.2) is 38.4 Å². The first-order valence-electron chi connectivity index (χ1n) is 8.49. The van der Waals surface area contributed by atoms with Gasteiger partial charge in [-0.2, -0.15) is 4.72 Å². The SMILES string of the molecule is Cc1ccc(S(=O)(=O)N[C@H](C(=O)NCC(=O)NC(C)(C)C)C(C)C)cc1. The Morgan fingerprint density at radius 1 is 1.08 bits per heavy atom. The van der Waals surface area contributed by atoms with Gasteiger partial charge in [-0.1, -0.05) is 31.5 Å². The molecule has 0 saturated carbocycles. The summed E-state index contributed by atoms with van der Waals surface area (Å²) in [5, 5.41) is 5.22. The minimum Gasteiger partial charge on any atom is -0.350 e. The molecule has 0 aliphatic carbocycles. The highest BCUT2D eigenvalue weighted by atomic mass is 32.2. The molecule has 0 unspecified atom stereocenters. The maximum atomic E-state index is 12.5. The Morgan fingerprint density at radius 2 is 1.62 bits per heavy atom. The van der Waals surface area contributed by atoms with Crippen molar-refractivity contribution in [2.45, 2.75) is 58.0 Å². The Labute approximate surface area is 156 Å². The van der Waals surface area contributed by atoms with Crippen molar-refractivity contribution in [2.24, 2.45) is 5.92 Å². The van der Waals surface area contributed by atoms with Gasteiger partial charge >= 0.3 is 0 Å². The zero-order valence-corrected chi connectivity index (χ0v) is 17.0. The minimum atomic E-state index is -3.85. The highest BCUT2D eigenvalue weighted by Crippen LogP contribution is 2.13. The minimum absolute atomic E-state index is 0.0898. The molecule has 3 N–H and O–H groups in total. The van der Waals surface area contributed by atoms with Crippen molar-refractivity contribution < 1.29 is 18.0 Å². The van der Waals surface area contributed by atoms with Crippen molar-refractivity contribution in [3.05, 3.63) is 29.8 Å². The third-order valence-corrected chi connectivity index (χ3v) is 4.96. The molecule has 0 spiro atoms. The maximum absolute atomic E-state index is 12.5. The van der Waals surface area contributed by atoms with E-state index >= 15 is 0 Å². The Kier molecular flexibility index (Phi) is 7.35. The van der Waals surface area contributed by atoms with Crippen molar-refractivity contribution in [3.63, 3.8) is 0 Å². The zero-order valence-electron chi connectivity index (χ0n) is 16.2. The lowest BCUT2D eigenvalue weighted by Crippen LogP contribution is -2.52. The molecule has 8 heteroatoms. The van der Waals surface area contributed by atoms with Crippen LogP contribution in [0.5, 0.6) is 0 Å². The number of carbonyl (C=O) groups excluding carboxylic acids is 2. The second-order valence-corrected chi connectivity index (χ2v) is 9.39. The van der Waals surface area contributed by atoms with E-state index in [1.807, 2.05) is 27.7 Å². The van der Waals surface area contributed by atoms with Crippen molar-refractivity contribution in [3.8, 4) is 0 Å². The number of sulfonamides is 1. The number of hydrogen-bond donors (Lipinski definition) is 3. The molecular formula is C18H29N3O4S. The maximum Gasteiger partial charge on any atom is 0.241 e. The molecular weight excluding hydrogens is 354 g/mol. The zero-order chi connectivity index (χ0) is 20.1. The fourth-order valence-corrected chi connectivity index (χ4v) is 3.53. The fourth-order valence-electron chi connectivity index (χ4n) is 2.18. The third kappa shape index (κ3) is 7.13. The van der Waals surface area contributed by atoms with Crippen molar-refractivity contribution in [2.75, 3.05) is 6.54 Å². The topological polar surface area (TPSA) is 104 Å². The molecule has 146 valence electrons. The highest BCUT2D eigenvalue weighted by molar-refractivity contribution is 7.89. The van der Waals surface area contributed by atoms with Gasteiger partial charge < -0.3 is 10.6 Å². The molecule has 1 atom stereocenters. The van der Waals surface area contributed by atoms with Crippen LogP contribution in [0.1, 0.15) is 40.2 Å². The molecule has 1 rings (SSSR count). The third-order valence-electron chi connectivity index (χ3n) is 3.50. The Balaban J connectivity index is 2.80. The van der Waals surface area contributed by atoms with Crippen LogP contribution in [-0.2, 0) is 19.6 Å². The van der Waals surface area contributed by atoms with Gasteiger partial charge in [-0.05, 0) is 45.7 Å². The average molecular weight is 384 g/mol. The Hall–Kier alpha value is -1.93.